The molecule has 0 aliphatic heterocycles. The standard InChI is InChI=1S/C11H7N3O3/c1-8-10(13-6-16)3-2-9(4-12-5-15)11(8)14-7-17/h2-3H,4H2,1H3. The molecule has 0 spiro atoms. The van der Waals surface area contributed by atoms with E-state index in [1.54, 1.807) is 19.1 Å². The largest absolute Gasteiger partial charge is 0.240 e. The fraction of sp³-hybridized carbons (Fsp3) is 0.182. The van der Waals surface area contributed by atoms with Crippen LogP contribution in [0.5, 0.6) is 0 Å². The number of nitrogens with zero attached hydrogens (tertiary/aromatic N) is 3. The van der Waals surface area contributed by atoms with Crippen LogP contribution in [0, 0.1) is 6.92 Å². The predicted octanol–water partition coefficient (Wildman–Crippen LogP) is 1.77. The molecular weight excluding hydrogens is 222 g/mol. The Kier molecular flexibility index (Phi) is 4.43. The Bertz CT molecular complexity index is 576. The van der Waals surface area contributed by atoms with Gasteiger partial charge in [0.1, 0.15) is 0 Å². The van der Waals surface area contributed by atoms with Gasteiger partial charge in [-0.1, -0.05) is 6.07 Å². The summed E-state index contributed by atoms with van der Waals surface area (Å²) in [6, 6.07) is 3.12. The second-order valence-corrected chi connectivity index (χ2v) is 3.03. The van der Waals surface area contributed by atoms with Crippen LogP contribution in [-0.4, -0.2) is 18.2 Å². The fourth-order valence-corrected chi connectivity index (χ4v) is 1.36. The van der Waals surface area contributed by atoms with Crippen LogP contribution in [0.15, 0.2) is 27.1 Å². The first-order valence-corrected chi connectivity index (χ1v) is 4.56. The van der Waals surface area contributed by atoms with Crippen LogP contribution in [0.2, 0.25) is 0 Å². The lowest BCUT2D eigenvalue weighted by molar-refractivity contribution is 0.562. The maximum Gasteiger partial charge on any atom is 0.240 e. The van der Waals surface area contributed by atoms with Crippen LogP contribution in [0.3, 0.4) is 0 Å². The summed E-state index contributed by atoms with van der Waals surface area (Å²) < 4.78 is 0. The molecule has 0 radical (unpaired) electrons. The Morgan fingerprint density at radius 2 is 1.76 bits per heavy atom. The molecule has 0 bridgehead atoms. The van der Waals surface area contributed by atoms with Crippen molar-refractivity contribution in [2.24, 2.45) is 15.0 Å². The molecule has 0 atom stereocenters. The monoisotopic (exact) mass is 229 g/mol. The predicted molar refractivity (Wildman–Crippen MR) is 58.6 cm³/mol. The molecule has 6 nitrogen and oxygen atoms in total. The molecule has 17 heavy (non-hydrogen) atoms. The zero-order chi connectivity index (χ0) is 12.7. The van der Waals surface area contributed by atoms with Crippen molar-refractivity contribution in [2.75, 3.05) is 0 Å². The fourth-order valence-electron chi connectivity index (χ4n) is 1.36. The molecule has 0 saturated heterocycles. The molecule has 1 rings (SSSR count). The number of rotatable bonds is 4. The van der Waals surface area contributed by atoms with Crippen molar-refractivity contribution in [2.45, 2.75) is 13.5 Å². The Hall–Kier alpha value is -2.64. The van der Waals surface area contributed by atoms with Crippen molar-refractivity contribution in [3.8, 4) is 0 Å². The summed E-state index contributed by atoms with van der Waals surface area (Å²) in [5.74, 6) is 0. The highest BCUT2D eigenvalue weighted by molar-refractivity contribution is 5.68. The van der Waals surface area contributed by atoms with Gasteiger partial charge >= 0.3 is 0 Å². The molecule has 0 aliphatic rings. The Morgan fingerprint density at radius 1 is 1.06 bits per heavy atom. The van der Waals surface area contributed by atoms with Crippen LogP contribution in [0.25, 0.3) is 0 Å². The molecular formula is C11H7N3O3. The Balaban J connectivity index is 3.42. The lowest BCUT2D eigenvalue weighted by Gasteiger charge is -2.06. The van der Waals surface area contributed by atoms with Crippen LogP contribution in [0.1, 0.15) is 11.1 Å². The molecule has 0 amide bonds. The number of hydrogen-bond donors (Lipinski definition) is 0. The van der Waals surface area contributed by atoms with E-state index in [4.69, 9.17) is 0 Å². The van der Waals surface area contributed by atoms with E-state index in [9.17, 15) is 14.4 Å². The van der Waals surface area contributed by atoms with Gasteiger partial charge in [-0.2, -0.15) is 9.98 Å². The minimum absolute atomic E-state index is 0.0515. The number of hydrogen-bond acceptors (Lipinski definition) is 6. The average molecular weight is 229 g/mol. The third-order valence-electron chi connectivity index (χ3n) is 2.12. The molecule has 1 aromatic rings. The van der Waals surface area contributed by atoms with E-state index < -0.39 is 0 Å². The normalized spacial score (nSPS) is 8.53. The summed E-state index contributed by atoms with van der Waals surface area (Å²) in [4.78, 5) is 40.9. The number of aliphatic imine (C=N–C) groups is 3. The highest BCUT2D eigenvalue weighted by Gasteiger charge is 2.09. The maximum absolute atomic E-state index is 10.3. The zero-order valence-electron chi connectivity index (χ0n) is 8.93. The second kappa shape index (κ2) is 6.05. The van der Waals surface area contributed by atoms with E-state index in [2.05, 4.69) is 15.0 Å². The lowest BCUT2D eigenvalue weighted by atomic mass is 10.1. The van der Waals surface area contributed by atoms with Crippen molar-refractivity contribution in [3.05, 3.63) is 23.3 Å². The number of isocyanates is 3. The van der Waals surface area contributed by atoms with Crippen LogP contribution in [-0.2, 0) is 20.9 Å². The van der Waals surface area contributed by atoms with E-state index in [1.165, 1.54) is 18.2 Å². The van der Waals surface area contributed by atoms with Gasteiger partial charge in [0.15, 0.2) is 0 Å². The van der Waals surface area contributed by atoms with Crippen molar-refractivity contribution >= 4 is 29.6 Å². The molecule has 0 heterocycles. The molecule has 0 unspecified atom stereocenters. The molecule has 0 fully saturated rings. The summed E-state index contributed by atoms with van der Waals surface area (Å²) in [7, 11) is 0. The second-order valence-electron chi connectivity index (χ2n) is 3.03. The van der Waals surface area contributed by atoms with Crippen molar-refractivity contribution in [1.82, 2.24) is 0 Å². The molecule has 84 valence electrons. The minimum atomic E-state index is 0.0515. The van der Waals surface area contributed by atoms with E-state index in [-0.39, 0.29) is 6.54 Å². The van der Waals surface area contributed by atoms with Crippen LogP contribution >= 0.6 is 0 Å². The van der Waals surface area contributed by atoms with Gasteiger partial charge in [-0.25, -0.2) is 19.4 Å². The maximum atomic E-state index is 10.3. The van der Waals surface area contributed by atoms with Gasteiger partial charge in [-0.3, -0.25) is 0 Å². The van der Waals surface area contributed by atoms with Gasteiger partial charge in [0.25, 0.3) is 0 Å². The molecule has 0 aliphatic carbocycles. The molecule has 0 N–H and O–H groups in total. The first kappa shape index (κ1) is 12.4. The smallest absolute Gasteiger partial charge is 0.211 e. The summed E-state index contributed by atoms with van der Waals surface area (Å²) in [6.07, 6.45) is 4.21. The summed E-state index contributed by atoms with van der Waals surface area (Å²) in [5, 5.41) is 0. The topological polar surface area (TPSA) is 88.3 Å². The zero-order valence-corrected chi connectivity index (χ0v) is 8.93. The summed E-state index contributed by atoms with van der Waals surface area (Å²) in [5.41, 5.74) is 1.73. The van der Waals surface area contributed by atoms with Crippen molar-refractivity contribution in [3.63, 3.8) is 0 Å². The minimum Gasteiger partial charge on any atom is -0.211 e. The highest BCUT2D eigenvalue weighted by Crippen LogP contribution is 2.31. The molecule has 0 aromatic heterocycles. The quantitative estimate of drug-likeness (QED) is 0.582. The Morgan fingerprint density at radius 3 is 2.35 bits per heavy atom. The SMILES string of the molecule is Cc1c(N=C=O)ccc(CN=C=O)c1N=C=O. The average Bonchev–Trinajstić information content (AvgIpc) is 2.33. The van der Waals surface area contributed by atoms with E-state index in [0.717, 1.165) is 0 Å². The van der Waals surface area contributed by atoms with E-state index >= 15 is 0 Å². The first-order valence-electron chi connectivity index (χ1n) is 4.56. The van der Waals surface area contributed by atoms with Crippen LogP contribution in [0.4, 0.5) is 11.4 Å². The van der Waals surface area contributed by atoms with Gasteiger partial charge in [-0.15, -0.1) is 0 Å². The van der Waals surface area contributed by atoms with Gasteiger partial charge in [0.2, 0.25) is 18.2 Å². The van der Waals surface area contributed by atoms with Gasteiger partial charge in [-0.05, 0) is 13.0 Å². The molecule has 1 aromatic carbocycles. The van der Waals surface area contributed by atoms with Crippen molar-refractivity contribution < 1.29 is 14.4 Å². The lowest BCUT2D eigenvalue weighted by Crippen LogP contribution is -1.87. The number of carbonyl (C=O) groups excluding carboxylic acids is 3. The highest BCUT2D eigenvalue weighted by atomic mass is 16.1. The van der Waals surface area contributed by atoms with E-state index in [1.807, 2.05) is 0 Å². The van der Waals surface area contributed by atoms with Gasteiger partial charge in [0.05, 0.1) is 17.9 Å². The molecule has 6 heteroatoms. The van der Waals surface area contributed by atoms with Crippen molar-refractivity contribution in [1.29, 1.82) is 0 Å². The number of benzene rings is 1. The van der Waals surface area contributed by atoms with Gasteiger partial charge in [0, 0.05) is 11.1 Å². The third-order valence-corrected chi connectivity index (χ3v) is 2.12. The van der Waals surface area contributed by atoms with E-state index in [0.29, 0.717) is 22.5 Å². The first-order chi connectivity index (χ1) is 8.24. The summed E-state index contributed by atoms with van der Waals surface area (Å²) >= 11 is 0. The third kappa shape index (κ3) is 2.91. The summed E-state index contributed by atoms with van der Waals surface area (Å²) in [6.45, 7) is 1.69. The van der Waals surface area contributed by atoms with Crippen LogP contribution < -0.4 is 0 Å². The van der Waals surface area contributed by atoms with Gasteiger partial charge < -0.3 is 0 Å². The Labute approximate surface area is 96.4 Å². The molecule has 0 saturated carbocycles.